The van der Waals surface area contributed by atoms with Crippen LogP contribution < -0.4 is 14.5 Å². The Morgan fingerprint density at radius 2 is 1.67 bits per heavy atom. The Hall–Kier alpha value is -3.74. The summed E-state index contributed by atoms with van der Waals surface area (Å²) >= 11 is 0. The number of allylic oxidation sites excluding steroid dienone is 2. The second-order valence-electron chi connectivity index (χ2n) is 8.82. The van der Waals surface area contributed by atoms with E-state index in [4.69, 9.17) is 4.74 Å². The van der Waals surface area contributed by atoms with Crippen LogP contribution in [0.2, 0.25) is 0 Å². The predicted molar refractivity (Wildman–Crippen MR) is 121 cm³/mol. The van der Waals surface area contributed by atoms with Gasteiger partial charge in [-0.15, -0.1) is 0 Å². The lowest BCUT2D eigenvalue weighted by Crippen LogP contribution is -2.31. The van der Waals surface area contributed by atoms with Gasteiger partial charge < -0.3 is 9.64 Å². The number of imide groups is 1. The maximum absolute atomic E-state index is 12.9. The summed E-state index contributed by atoms with van der Waals surface area (Å²) in [6, 6.07) is 15.6. The minimum absolute atomic E-state index is 0.0231. The van der Waals surface area contributed by atoms with Crippen LogP contribution in [0.1, 0.15) is 19.8 Å². The summed E-state index contributed by atoms with van der Waals surface area (Å²) in [5.74, 6) is -1.83. The van der Waals surface area contributed by atoms with Gasteiger partial charge in [0.2, 0.25) is 17.7 Å². The predicted octanol–water partition coefficient (Wildman–Crippen LogP) is 3.35. The summed E-state index contributed by atoms with van der Waals surface area (Å²) in [5, 5.41) is 0. The van der Waals surface area contributed by atoms with Gasteiger partial charge in [-0.3, -0.25) is 24.1 Å². The number of amides is 3. The van der Waals surface area contributed by atoms with Gasteiger partial charge in [-0.25, -0.2) is 0 Å². The quantitative estimate of drug-likeness (QED) is 0.313. The number of carbonyl (C=O) groups is 4. The molecule has 4 atom stereocenters. The highest BCUT2D eigenvalue weighted by Gasteiger charge is 2.50. The number of hydrogen-bond acceptors (Lipinski definition) is 5. The largest absolute Gasteiger partial charge is 0.426 e. The molecule has 0 N–H and O–H groups in total. The van der Waals surface area contributed by atoms with E-state index in [2.05, 4.69) is 0 Å². The summed E-state index contributed by atoms with van der Waals surface area (Å²) < 4.78 is 5.50. The number of ether oxygens (including phenoxy) is 1. The van der Waals surface area contributed by atoms with Crippen LogP contribution in [-0.2, 0) is 19.2 Å². The molecule has 2 aliphatic heterocycles. The molecule has 2 fully saturated rings. The van der Waals surface area contributed by atoms with E-state index in [0.29, 0.717) is 17.9 Å². The molecule has 168 valence electrons. The van der Waals surface area contributed by atoms with Crippen molar-refractivity contribution in [3.05, 3.63) is 66.7 Å². The molecule has 7 heteroatoms. The Labute approximate surface area is 191 Å². The number of carbonyl (C=O) groups excluding carboxylic acids is 4. The van der Waals surface area contributed by atoms with Crippen LogP contribution in [0.4, 0.5) is 11.4 Å². The monoisotopic (exact) mass is 444 g/mol. The van der Waals surface area contributed by atoms with Crippen LogP contribution in [-0.4, -0.2) is 30.2 Å². The lowest BCUT2D eigenvalue weighted by molar-refractivity contribution is -0.139. The molecule has 0 radical (unpaired) electrons. The zero-order valence-electron chi connectivity index (χ0n) is 18.2. The Bertz CT molecular complexity index is 1140. The lowest BCUT2D eigenvalue weighted by atomic mass is 9.78. The van der Waals surface area contributed by atoms with E-state index < -0.39 is 11.9 Å². The maximum atomic E-state index is 12.9. The summed E-state index contributed by atoms with van der Waals surface area (Å²) in [4.78, 5) is 53.7. The maximum Gasteiger partial charge on any atom is 0.316 e. The van der Waals surface area contributed by atoms with Crippen molar-refractivity contribution in [2.24, 2.45) is 23.7 Å². The summed E-state index contributed by atoms with van der Waals surface area (Å²) in [6.45, 7) is 2.22. The number of esters is 1. The number of anilines is 2. The van der Waals surface area contributed by atoms with Gasteiger partial charge in [-0.05, 0) is 48.7 Å². The fourth-order valence-electron chi connectivity index (χ4n) is 4.99. The van der Waals surface area contributed by atoms with Gasteiger partial charge in [0.05, 0.1) is 23.4 Å². The van der Waals surface area contributed by atoms with Crippen molar-refractivity contribution in [3.63, 3.8) is 0 Å². The summed E-state index contributed by atoms with van der Waals surface area (Å²) in [5.41, 5.74) is 1.23. The zero-order chi connectivity index (χ0) is 23.1. The molecule has 0 saturated carbocycles. The van der Waals surface area contributed by atoms with E-state index in [-0.39, 0.29) is 48.4 Å². The van der Waals surface area contributed by atoms with Crippen LogP contribution in [0.15, 0.2) is 66.7 Å². The number of rotatable bonds is 4. The van der Waals surface area contributed by atoms with E-state index >= 15 is 0 Å². The minimum Gasteiger partial charge on any atom is -0.426 e. The third-order valence-corrected chi connectivity index (χ3v) is 6.71. The Morgan fingerprint density at radius 1 is 0.939 bits per heavy atom. The number of nitrogens with zero attached hydrogens (tertiary/aromatic N) is 2. The molecule has 3 aliphatic rings. The van der Waals surface area contributed by atoms with Crippen molar-refractivity contribution < 1.29 is 23.9 Å². The normalized spacial score (nSPS) is 26.6. The van der Waals surface area contributed by atoms with Gasteiger partial charge in [-0.2, -0.15) is 0 Å². The number of fused-ring (bicyclic) bond motifs is 1. The van der Waals surface area contributed by atoms with Crippen LogP contribution in [0.25, 0.3) is 0 Å². The van der Waals surface area contributed by atoms with Crippen molar-refractivity contribution in [3.8, 4) is 5.75 Å². The minimum atomic E-state index is -0.559. The molecular formula is C26H24N2O5. The van der Waals surface area contributed by atoms with Gasteiger partial charge in [0, 0.05) is 18.7 Å². The van der Waals surface area contributed by atoms with E-state index in [0.717, 1.165) is 5.69 Å². The highest BCUT2D eigenvalue weighted by Crippen LogP contribution is 2.40. The molecule has 33 heavy (non-hydrogen) atoms. The highest BCUT2D eigenvalue weighted by atomic mass is 16.5. The standard InChI is InChI=1S/C26H24N2O5/c1-16-6-5-9-21-23(16)25(31)28(24(21)30)19-10-12-20(13-11-19)33-26(32)17-14-22(29)27(15-17)18-7-3-2-4-8-18/h2-8,10-13,16-17,21,23H,9,14-15H2,1H3/t16-,17-,21+,23-/m1/s1. The number of benzene rings is 2. The van der Waals surface area contributed by atoms with Crippen molar-refractivity contribution in [1.29, 1.82) is 0 Å². The van der Waals surface area contributed by atoms with Crippen molar-refractivity contribution in [2.45, 2.75) is 19.8 Å². The second-order valence-corrected chi connectivity index (χ2v) is 8.82. The molecule has 2 saturated heterocycles. The van der Waals surface area contributed by atoms with Crippen LogP contribution in [0.3, 0.4) is 0 Å². The summed E-state index contributed by atoms with van der Waals surface area (Å²) in [7, 11) is 0. The van der Waals surface area contributed by atoms with E-state index in [1.165, 1.54) is 4.90 Å². The molecule has 2 heterocycles. The number of para-hydroxylation sites is 1. The third-order valence-electron chi connectivity index (χ3n) is 6.71. The van der Waals surface area contributed by atoms with Crippen LogP contribution in [0, 0.1) is 23.7 Å². The smallest absolute Gasteiger partial charge is 0.316 e. The van der Waals surface area contributed by atoms with Gasteiger partial charge >= 0.3 is 5.97 Å². The molecule has 0 bridgehead atoms. The molecule has 3 amide bonds. The topological polar surface area (TPSA) is 84.0 Å². The van der Waals surface area contributed by atoms with Crippen LogP contribution in [0.5, 0.6) is 5.75 Å². The first-order valence-corrected chi connectivity index (χ1v) is 11.2. The first-order chi connectivity index (χ1) is 15.9. The second kappa shape index (κ2) is 8.31. The third kappa shape index (κ3) is 3.73. The fourth-order valence-corrected chi connectivity index (χ4v) is 4.99. The lowest BCUT2D eigenvalue weighted by Gasteiger charge is -2.22. The average Bonchev–Trinajstić information content (AvgIpc) is 3.33. The SMILES string of the molecule is C[C@@H]1C=CC[C@@H]2C(=O)N(c3ccc(OC(=O)[C@@H]4CC(=O)N(c5ccccc5)C4)cc3)C(=O)[C@H]12. The first-order valence-electron chi connectivity index (χ1n) is 11.2. The van der Waals surface area contributed by atoms with Gasteiger partial charge in [0.25, 0.3) is 0 Å². The zero-order valence-corrected chi connectivity index (χ0v) is 18.2. The van der Waals surface area contributed by atoms with Crippen molar-refractivity contribution in [2.75, 3.05) is 16.3 Å². The van der Waals surface area contributed by atoms with E-state index in [1.54, 1.807) is 29.2 Å². The molecule has 7 nitrogen and oxygen atoms in total. The Balaban J connectivity index is 1.25. The molecule has 2 aromatic rings. The van der Waals surface area contributed by atoms with Gasteiger partial charge in [-0.1, -0.05) is 37.3 Å². The average molecular weight is 444 g/mol. The molecule has 1 aliphatic carbocycles. The molecule has 5 rings (SSSR count). The first kappa shape index (κ1) is 21.1. The molecule has 0 unspecified atom stereocenters. The highest BCUT2D eigenvalue weighted by molar-refractivity contribution is 6.22. The van der Waals surface area contributed by atoms with Gasteiger partial charge in [0.15, 0.2) is 0 Å². The van der Waals surface area contributed by atoms with Crippen molar-refractivity contribution >= 4 is 35.1 Å². The Morgan fingerprint density at radius 3 is 2.36 bits per heavy atom. The van der Waals surface area contributed by atoms with Gasteiger partial charge in [0.1, 0.15) is 5.75 Å². The molecular weight excluding hydrogens is 420 g/mol. The molecule has 0 spiro atoms. The molecule has 0 aromatic heterocycles. The Kier molecular flexibility index (Phi) is 5.32. The van der Waals surface area contributed by atoms with Crippen molar-refractivity contribution in [1.82, 2.24) is 0 Å². The number of hydrogen-bond donors (Lipinski definition) is 0. The van der Waals surface area contributed by atoms with E-state index in [9.17, 15) is 19.2 Å². The fraction of sp³-hybridized carbons (Fsp3) is 0.308. The van der Waals surface area contributed by atoms with E-state index in [1.807, 2.05) is 49.4 Å². The van der Waals surface area contributed by atoms with Crippen LogP contribution >= 0.6 is 0 Å². The summed E-state index contributed by atoms with van der Waals surface area (Å²) in [6.07, 6.45) is 4.63. The molecule has 2 aromatic carbocycles.